The Labute approximate surface area is 193 Å². The van der Waals surface area contributed by atoms with Crippen LogP contribution in [0.25, 0.3) is 0 Å². The van der Waals surface area contributed by atoms with Gasteiger partial charge in [-0.3, -0.25) is 9.59 Å². The molecule has 0 spiro atoms. The fourth-order valence-corrected chi connectivity index (χ4v) is 5.31. The van der Waals surface area contributed by atoms with Gasteiger partial charge in [0.05, 0.1) is 10.8 Å². The maximum Gasteiger partial charge on any atom is 0.309 e. The number of aliphatic carboxylic acids is 2. The van der Waals surface area contributed by atoms with E-state index in [4.69, 9.17) is 0 Å². The van der Waals surface area contributed by atoms with Crippen LogP contribution in [-0.4, -0.2) is 22.2 Å². The van der Waals surface area contributed by atoms with E-state index in [0.29, 0.717) is 0 Å². The summed E-state index contributed by atoms with van der Waals surface area (Å²) < 4.78 is 0. The Balaban J connectivity index is 1.44. The van der Waals surface area contributed by atoms with Crippen molar-refractivity contribution in [3.05, 3.63) is 33.9 Å². The monoisotopic (exact) mass is 442 g/mol. The van der Waals surface area contributed by atoms with Crippen LogP contribution in [0.1, 0.15) is 111 Å². The highest BCUT2D eigenvalue weighted by Crippen LogP contribution is 2.50. The van der Waals surface area contributed by atoms with Gasteiger partial charge in [-0.1, -0.05) is 38.2 Å². The van der Waals surface area contributed by atoms with Crippen LogP contribution in [0.3, 0.4) is 0 Å². The molecule has 178 valence electrons. The highest BCUT2D eigenvalue weighted by molar-refractivity contribution is 5.78. The maximum absolute atomic E-state index is 11.3. The van der Waals surface area contributed by atoms with Crippen LogP contribution in [0.2, 0.25) is 0 Å². The molecule has 2 fully saturated rings. The Morgan fingerprint density at radius 2 is 1.19 bits per heavy atom. The largest absolute Gasteiger partial charge is 0.481 e. The molecule has 0 unspecified atom stereocenters. The van der Waals surface area contributed by atoms with E-state index < -0.39 is 11.9 Å². The van der Waals surface area contributed by atoms with E-state index in [-0.39, 0.29) is 10.8 Å². The number of unbranched alkanes of at least 4 members (excludes halogenated alkanes) is 5. The fraction of sp³-hybridized carbons (Fsp3) is 0.714. The van der Waals surface area contributed by atoms with Gasteiger partial charge in [-0.05, 0) is 113 Å². The zero-order valence-electron chi connectivity index (χ0n) is 20.4. The van der Waals surface area contributed by atoms with Crippen LogP contribution in [0.4, 0.5) is 0 Å². The molecule has 32 heavy (non-hydrogen) atoms. The first-order valence-corrected chi connectivity index (χ1v) is 12.8. The van der Waals surface area contributed by atoms with Crippen molar-refractivity contribution in [1.82, 2.24) is 0 Å². The van der Waals surface area contributed by atoms with Crippen molar-refractivity contribution in [2.45, 2.75) is 117 Å². The van der Waals surface area contributed by atoms with Crippen LogP contribution < -0.4 is 0 Å². The summed E-state index contributed by atoms with van der Waals surface area (Å²) in [5.41, 5.74) is 6.44. The highest BCUT2D eigenvalue weighted by Gasteiger charge is 2.49. The normalized spacial score (nSPS) is 17.8. The second kappa shape index (κ2) is 10.4. The third-order valence-electron chi connectivity index (χ3n) is 8.43. The molecule has 0 aromatic heterocycles. The molecule has 0 radical (unpaired) electrons. The Morgan fingerprint density at radius 1 is 0.719 bits per heavy atom. The molecule has 2 saturated carbocycles. The average molecular weight is 443 g/mol. The molecule has 4 heteroatoms. The maximum atomic E-state index is 11.3. The standard InChI is InChI=1S/C28H42O4/c1-20-19-23(11-7-4-5-9-13-27(15-16-27)25(29)30)24(22(3)21(20)2)12-8-6-10-14-28(17-18-28)26(31)32/h19H,4-18H2,1-3H3,(H,29,30)(H,31,32). The number of hydrogen-bond acceptors (Lipinski definition) is 2. The average Bonchev–Trinajstić information content (AvgIpc) is 3.66. The predicted octanol–water partition coefficient (Wildman–Crippen LogP) is 6.94. The van der Waals surface area contributed by atoms with E-state index in [1.807, 2.05) is 0 Å². The van der Waals surface area contributed by atoms with Crippen molar-refractivity contribution in [2.75, 3.05) is 0 Å². The van der Waals surface area contributed by atoms with Gasteiger partial charge >= 0.3 is 11.9 Å². The summed E-state index contributed by atoms with van der Waals surface area (Å²) in [5.74, 6) is -1.19. The zero-order valence-corrected chi connectivity index (χ0v) is 20.4. The summed E-state index contributed by atoms with van der Waals surface area (Å²) in [4.78, 5) is 22.6. The molecule has 0 amide bonds. The number of carboxylic acids is 2. The minimum Gasteiger partial charge on any atom is -0.481 e. The van der Waals surface area contributed by atoms with E-state index in [0.717, 1.165) is 89.9 Å². The molecule has 0 heterocycles. The van der Waals surface area contributed by atoms with Crippen LogP contribution >= 0.6 is 0 Å². The fourth-order valence-electron chi connectivity index (χ4n) is 5.31. The Bertz CT molecular complexity index is 830. The van der Waals surface area contributed by atoms with Gasteiger partial charge in [0.25, 0.3) is 0 Å². The third kappa shape index (κ3) is 5.94. The lowest BCUT2D eigenvalue weighted by Crippen LogP contribution is -2.14. The molecular formula is C28H42O4. The summed E-state index contributed by atoms with van der Waals surface area (Å²) >= 11 is 0. The molecule has 4 nitrogen and oxygen atoms in total. The summed E-state index contributed by atoms with van der Waals surface area (Å²) in [6.45, 7) is 6.68. The smallest absolute Gasteiger partial charge is 0.309 e. The van der Waals surface area contributed by atoms with Crippen LogP contribution in [-0.2, 0) is 22.4 Å². The van der Waals surface area contributed by atoms with Gasteiger partial charge in [0, 0.05) is 0 Å². The lowest BCUT2D eigenvalue weighted by Gasteiger charge is -2.18. The molecule has 2 N–H and O–H groups in total. The Morgan fingerprint density at radius 3 is 1.69 bits per heavy atom. The van der Waals surface area contributed by atoms with Gasteiger partial charge in [0.15, 0.2) is 0 Å². The molecule has 2 aliphatic rings. The van der Waals surface area contributed by atoms with Crippen molar-refractivity contribution in [1.29, 1.82) is 0 Å². The van der Waals surface area contributed by atoms with Crippen LogP contribution in [0.5, 0.6) is 0 Å². The van der Waals surface area contributed by atoms with Gasteiger partial charge in [-0.2, -0.15) is 0 Å². The van der Waals surface area contributed by atoms with Crippen molar-refractivity contribution in [2.24, 2.45) is 10.8 Å². The van der Waals surface area contributed by atoms with Crippen molar-refractivity contribution >= 4 is 11.9 Å². The molecular weight excluding hydrogens is 400 g/mol. The molecule has 1 aromatic carbocycles. The van der Waals surface area contributed by atoms with E-state index in [1.165, 1.54) is 34.2 Å². The van der Waals surface area contributed by atoms with Crippen LogP contribution in [0, 0.1) is 31.6 Å². The predicted molar refractivity (Wildman–Crippen MR) is 128 cm³/mol. The minimum atomic E-state index is -0.597. The van der Waals surface area contributed by atoms with Gasteiger partial charge in [-0.15, -0.1) is 0 Å². The first kappa shape index (κ1) is 24.8. The van der Waals surface area contributed by atoms with Crippen molar-refractivity contribution in [3.63, 3.8) is 0 Å². The van der Waals surface area contributed by atoms with E-state index in [1.54, 1.807) is 0 Å². The Hall–Kier alpha value is -1.84. The highest BCUT2D eigenvalue weighted by atomic mass is 16.4. The van der Waals surface area contributed by atoms with Gasteiger partial charge in [0.2, 0.25) is 0 Å². The summed E-state index contributed by atoms with van der Waals surface area (Å²) in [5, 5.41) is 18.7. The lowest BCUT2D eigenvalue weighted by atomic mass is 9.88. The zero-order chi connectivity index (χ0) is 23.4. The molecule has 1 aromatic rings. The Kier molecular flexibility index (Phi) is 8.06. The SMILES string of the molecule is Cc1cc(CCCCCCC2(C(=O)O)CC2)c(CCCCCC2(C(=O)O)CC2)c(C)c1C. The quantitative estimate of drug-likeness (QED) is 0.289. The number of aryl methyl sites for hydroxylation is 2. The van der Waals surface area contributed by atoms with Crippen LogP contribution in [0.15, 0.2) is 6.07 Å². The molecule has 0 saturated heterocycles. The van der Waals surface area contributed by atoms with E-state index in [2.05, 4.69) is 26.8 Å². The topological polar surface area (TPSA) is 74.6 Å². The molecule has 3 rings (SSSR count). The summed E-state index contributed by atoms with van der Waals surface area (Å²) in [6, 6.07) is 2.38. The molecule has 2 aliphatic carbocycles. The molecule has 0 aliphatic heterocycles. The first-order chi connectivity index (χ1) is 15.2. The lowest BCUT2D eigenvalue weighted by molar-refractivity contribution is -0.144. The number of hydrogen-bond donors (Lipinski definition) is 2. The van der Waals surface area contributed by atoms with Gasteiger partial charge < -0.3 is 10.2 Å². The molecule has 0 atom stereocenters. The first-order valence-electron chi connectivity index (χ1n) is 12.8. The summed E-state index contributed by atoms with van der Waals surface area (Å²) in [7, 11) is 0. The number of carboxylic acid groups (broad SMARTS) is 2. The third-order valence-corrected chi connectivity index (χ3v) is 8.43. The van der Waals surface area contributed by atoms with Crippen molar-refractivity contribution < 1.29 is 19.8 Å². The second-order valence-corrected chi connectivity index (χ2v) is 10.7. The summed E-state index contributed by atoms with van der Waals surface area (Å²) in [6.07, 6.45) is 15.1. The van der Waals surface area contributed by atoms with E-state index in [9.17, 15) is 19.8 Å². The number of benzene rings is 1. The molecule has 0 bridgehead atoms. The van der Waals surface area contributed by atoms with Gasteiger partial charge in [-0.25, -0.2) is 0 Å². The number of carbonyl (C=O) groups is 2. The van der Waals surface area contributed by atoms with Crippen molar-refractivity contribution in [3.8, 4) is 0 Å². The minimum absolute atomic E-state index is 0.373. The second-order valence-electron chi connectivity index (χ2n) is 10.7. The van der Waals surface area contributed by atoms with Gasteiger partial charge in [0.1, 0.15) is 0 Å². The van der Waals surface area contributed by atoms with E-state index >= 15 is 0 Å². The number of rotatable bonds is 15.